The van der Waals surface area contributed by atoms with E-state index in [1.54, 1.807) is 6.26 Å². The number of hydrogen-bond acceptors (Lipinski definition) is 5. The predicted molar refractivity (Wildman–Crippen MR) is 92.6 cm³/mol. The molecule has 1 aliphatic carbocycles. The molecule has 0 radical (unpaired) electrons. The summed E-state index contributed by atoms with van der Waals surface area (Å²) in [7, 11) is 0. The number of likely N-dealkylation sites (tertiary alicyclic amines) is 1. The molecule has 0 bridgehead atoms. The van der Waals surface area contributed by atoms with Crippen molar-refractivity contribution in [1.82, 2.24) is 9.80 Å². The van der Waals surface area contributed by atoms with E-state index in [0.717, 1.165) is 70.5 Å². The second kappa shape index (κ2) is 7.40. The van der Waals surface area contributed by atoms with Gasteiger partial charge >= 0.3 is 0 Å². The van der Waals surface area contributed by atoms with Gasteiger partial charge < -0.3 is 14.3 Å². The highest BCUT2D eigenvalue weighted by atomic mass is 16.5. The van der Waals surface area contributed by atoms with E-state index in [0.29, 0.717) is 12.0 Å². The van der Waals surface area contributed by atoms with Crippen LogP contribution in [0.25, 0.3) is 6.08 Å². The van der Waals surface area contributed by atoms with E-state index in [2.05, 4.69) is 15.9 Å². The van der Waals surface area contributed by atoms with E-state index in [4.69, 9.17) is 9.15 Å². The lowest BCUT2D eigenvalue weighted by Crippen LogP contribution is -2.53. The van der Waals surface area contributed by atoms with E-state index in [-0.39, 0.29) is 6.10 Å². The highest BCUT2D eigenvalue weighted by Gasteiger charge is 2.43. The van der Waals surface area contributed by atoms with Crippen molar-refractivity contribution in [3.05, 3.63) is 30.2 Å². The number of rotatable bonds is 4. The van der Waals surface area contributed by atoms with Crippen molar-refractivity contribution >= 4 is 6.08 Å². The highest BCUT2D eigenvalue weighted by molar-refractivity contribution is 5.42. The third kappa shape index (κ3) is 3.59. The average Bonchev–Trinajstić information content (AvgIpc) is 3.24. The lowest BCUT2D eigenvalue weighted by atomic mass is 9.77. The van der Waals surface area contributed by atoms with Gasteiger partial charge in [-0.05, 0) is 42.9 Å². The standard InChI is InChI=1S/C19H28N2O3/c22-19-12-16-14-20(5-1-3-17-4-2-8-24-17)13-15(16)11-18(19)21-6-9-23-10-7-21/h1-4,8,15-16,18-19,22H,5-7,9-14H2/b3-1+/t15-,16+,18-,19-/m1/s1. The Balaban J connectivity index is 1.31. The number of fused-ring (bicyclic) bond motifs is 1. The van der Waals surface area contributed by atoms with Crippen molar-refractivity contribution in [1.29, 1.82) is 0 Å². The molecule has 1 saturated carbocycles. The molecule has 1 N–H and O–H groups in total. The maximum Gasteiger partial charge on any atom is 0.126 e. The first-order valence-electron chi connectivity index (χ1n) is 9.22. The van der Waals surface area contributed by atoms with E-state index in [1.807, 2.05) is 18.2 Å². The van der Waals surface area contributed by atoms with Gasteiger partial charge in [0, 0.05) is 38.8 Å². The third-order valence-electron chi connectivity index (χ3n) is 5.89. The summed E-state index contributed by atoms with van der Waals surface area (Å²) in [5.41, 5.74) is 0. The molecule has 3 heterocycles. The Labute approximate surface area is 143 Å². The minimum absolute atomic E-state index is 0.178. The first-order valence-corrected chi connectivity index (χ1v) is 9.22. The van der Waals surface area contributed by atoms with Gasteiger partial charge in [0.1, 0.15) is 5.76 Å². The molecule has 2 aliphatic heterocycles. The van der Waals surface area contributed by atoms with Gasteiger partial charge in [-0.15, -0.1) is 0 Å². The Morgan fingerprint density at radius 1 is 1.17 bits per heavy atom. The zero-order chi connectivity index (χ0) is 16.4. The lowest BCUT2D eigenvalue weighted by Gasteiger charge is -2.43. The van der Waals surface area contributed by atoms with E-state index >= 15 is 0 Å². The van der Waals surface area contributed by atoms with Gasteiger partial charge in [0.25, 0.3) is 0 Å². The van der Waals surface area contributed by atoms with Crippen LogP contribution in [0.3, 0.4) is 0 Å². The lowest BCUT2D eigenvalue weighted by molar-refractivity contribution is -0.0520. The Hall–Kier alpha value is -1.14. The Morgan fingerprint density at radius 2 is 1.96 bits per heavy atom. The van der Waals surface area contributed by atoms with E-state index in [1.165, 1.54) is 0 Å². The number of aliphatic hydroxyl groups is 1. The molecule has 5 heteroatoms. The molecule has 132 valence electrons. The smallest absolute Gasteiger partial charge is 0.126 e. The van der Waals surface area contributed by atoms with Gasteiger partial charge in [-0.1, -0.05) is 6.08 Å². The quantitative estimate of drug-likeness (QED) is 0.909. The molecule has 4 rings (SSSR count). The summed E-state index contributed by atoms with van der Waals surface area (Å²) < 4.78 is 10.8. The molecule has 24 heavy (non-hydrogen) atoms. The molecule has 3 fully saturated rings. The van der Waals surface area contributed by atoms with Gasteiger partial charge in [0.05, 0.1) is 25.6 Å². The van der Waals surface area contributed by atoms with Crippen LogP contribution in [0, 0.1) is 11.8 Å². The first kappa shape index (κ1) is 16.3. The van der Waals surface area contributed by atoms with Crippen LogP contribution < -0.4 is 0 Å². The molecule has 5 nitrogen and oxygen atoms in total. The molecule has 0 unspecified atom stereocenters. The molecular weight excluding hydrogens is 304 g/mol. The topological polar surface area (TPSA) is 49.1 Å². The van der Waals surface area contributed by atoms with Crippen LogP contribution in [-0.2, 0) is 4.74 Å². The monoisotopic (exact) mass is 332 g/mol. The van der Waals surface area contributed by atoms with Gasteiger partial charge in [-0.3, -0.25) is 9.80 Å². The average molecular weight is 332 g/mol. The Kier molecular flexibility index (Phi) is 5.03. The number of nitrogens with zero attached hydrogens (tertiary/aromatic N) is 2. The predicted octanol–water partition coefficient (Wildman–Crippen LogP) is 1.70. The van der Waals surface area contributed by atoms with Crippen LogP contribution in [0.5, 0.6) is 0 Å². The maximum atomic E-state index is 10.6. The van der Waals surface area contributed by atoms with Gasteiger partial charge in [0.15, 0.2) is 0 Å². The molecule has 1 aromatic heterocycles. The molecule has 1 aromatic rings. The van der Waals surface area contributed by atoms with Crippen LogP contribution in [0.15, 0.2) is 28.9 Å². The van der Waals surface area contributed by atoms with Gasteiger partial charge in [-0.2, -0.15) is 0 Å². The molecule has 3 aliphatic rings. The summed E-state index contributed by atoms with van der Waals surface area (Å²) in [5, 5.41) is 10.6. The third-order valence-corrected chi connectivity index (χ3v) is 5.89. The second-order valence-corrected chi connectivity index (χ2v) is 7.41. The minimum atomic E-state index is -0.178. The number of aliphatic hydroxyl groups excluding tert-OH is 1. The fourth-order valence-corrected chi connectivity index (χ4v) is 4.66. The molecule has 0 amide bonds. The minimum Gasteiger partial charge on any atom is -0.465 e. The normalized spacial score (nSPS) is 35.5. The molecule has 0 aromatic carbocycles. The summed E-state index contributed by atoms with van der Waals surface area (Å²) in [4.78, 5) is 4.97. The number of morpholine rings is 1. The van der Waals surface area contributed by atoms with Crippen LogP contribution in [0.1, 0.15) is 18.6 Å². The van der Waals surface area contributed by atoms with Crippen LogP contribution in [0.4, 0.5) is 0 Å². The number of furan rings is 1. The molecule has 0 spiro atoms. The maximum absolute atomic E-state index is 10.6. The Bertz CT molecular complexity index is 539. The van der Waals surface area contributed by atoms with Crippen molar-refractivity contribution in [2.45, 2.75) is 25.0 Å². The van der Waals surface area contributed by atoms with Crippen molar-refractivity contribution in [2.24, 2.45) is 11.8 Å². The zero-order valence-electron chi connectivity index (χ0n) is 14.2. The van der Waals surface area contributed by atoms with Crippen molar-refractivity contribution in [3.63, 3.8) is 0 Å². The zero-order valence-corrected chi connectivity index (χ0v) is 14.2. The summed E-state index contributed by atoms with van der Waals surface area (Å²) in [5.74, 6) is 2.28. The van der Waals surface area contributed by atoms with E-state index in [9.17, 15) is 5.11 Å². The largest absolute Gasteiger partial charge is 0.465 e. The van der Waals surface area contributed by atoms with Crippen LogP contribution >= 0.6 is 0 Å². The fraction of sp³-hybridized carbons (Fsp3) is 0.684. The van der Waals surface area contributed by atoms with Crippen molar-refractivity contribution < 1.29 is 14.3 Å². The molecular formula is C19H28N2O3. The van der Waals surface area contributed by atoms with Crippen molar-refractivity contribution in [3.8, 4) is 0 Å². The SMILES string of the molecule is O[C@@H]1C[C@H]2CN(C/C=C/c3ccco3)C[C@H]2C[C@H]1N1CCOCC1. The molecule has 2 saturated heterocycles. The first-order chi connectivity index (χ1) is 11.8. The summed E-state index contributed by atoms with van der Waals surface area (Å²) in [6.45, 7) is 6.78. The highest BCUT2D eigenvalue weighted by Crippen LogP contribution is 2.38. The fourth-order valence-electron chi connectivity index (χ4n) is 4.66. The summed E-state index contributed by atoms with van der Waals surface area (Å²) in [6, 6.07) is 4.22. The Morgan fingerprint density at radius 3 is 2.71 bits per heavy atom. The van der Waals surface area contributed by atoms with E-state index < -0.39 is 0 Å². The van der Waals surface area contributed by atoms with Crippen LogP contribution in [-0.4, -0.2) is 73.0 Å². The molecule has 4 atom stereocenters. The summed E-state index contributed by atoms with van der Waals surface area (Å²) in [6.07, 6.45) is 7.84. The number of hydrogen-bond donors (Lipinski definition) is 1. The summed E-state index contributed by atoms with van der Waals surface area (Å²) >= 11 is 0. The van der Waals surface area contributed by atoms with Crippen LogP contribution in [0.2, 0.25) is 0 Å². The van der Waals surface area contributed by atoms with Crippen molar-refractivity contribution in [2.75, 3.05) is 45.9 Å². The van der Waals surface area contributed by atoms with Gasteiger partial charge in [0.2, 0.25) is 0 Å². The van der Waals surface area contributed by atoms with Gasteiger partial charge in [-0.25, -0.2) is 0 Å². The number of ether oxygens (including phenoxy) is 1. The second-order valence-electron chi connectivity index (χ2n) is 7.41.